The number of nitrogens with zero attached hydrogens (tertiary/aromatic N) is 2. The van der Waals surface area contributed by atoms with Crippen molar-refractivity contribution in [3.05, 3.63) is 53.9 Å². The van der Waals surface area contributed by atoms with Gasteiger partial charge in [-0.15, -0.1) is 0 Å². The van der Waals surface area contributed by atoms with Gasteiger partial charge >= 0.3 is 0 Å². The minimum Gasteiger partial charge on any atom is -0.351 e. The van der Waals surface area contributed by atoms with Crippen LogP contribution in [0.4, 0.5) is 0 Å². The zero-order valence-electron chi connectivity index (χ0n) is 14.5. The number of aromatic nitrogens is 2. The summed E-state index contributed by atoms with van der Waals surface area (Å²) in [5.41, 5.74) is 1.97. The topological polar surface area (TPSA) is 59.0 Å². The van der Waals surface area contributed by atoms with E-state index >= 15 is 0 Å². The van der Waals surface area contributed by atoms with E-state index in [0.29, 0.717) is 0 Å². The van der Waals surface area contributed by atoms with Crippen molar-refractivity contribution < 1.29 is 4.79 Å². The van der Waals surface area contributed by atoms with Gasteiger partial charge in [0.15, 0.2) is 0 Å². The van der Waals surface area contributed by atoms with Gasteiger partial charge in [0.25, 0.3) is 0 Å². The number of carbonyl (C=O) groups is 1. The van der Waals surface area contributed by atoms with Gasteiger partial charge in [-0.05, 0) is 63.4 Å². The normalized spacial score (nSPS) is 18.1. The van der Waals surface area contributed by atoms with Crippen molar-refractivity contribution in [3.8, 4) is 0 Å². The molecule has 3 rings (SSSR count). The third kappa shape index (κ3) is 3.36. The van der Waals surface area contributed by atoms with Crippen molar-refractivity contribution in [1.82, 2.24) is 20.4 Å². The number of rotatable bonds is 5. The molecular formula is C19H26N4O. The molecule has 0 spiro atoms. The molecule has 0 radical (unpaired) electrons. The van der Waals surface area contributed by atoms with Crippen LogP contribution in [0.5, 0.6) is 0 Å². The molecule has 1 aliphatic heterocycles. The molecule has 2 N–H and O–H groups in total. The SMILES string of the molecule is Cc1ccccc1CC(C)NC(=O)C1(n2cccn2)CCNCC1. The van der Waals surface area contributed by atoms with E-state index in [1.807, 2.05) is 23.0 Å². The van der Waals surface area contributed by atoms with E-state index in [2.05, 4.69) is 47.8 Å². The van der Waals surface area contributed by atoms with Crippen LogP contribution < -0.4 is 10.6 Å². The molecule has 5 nitrogen and oxygen atoms in total. The fourth-order valence-corrected chi connectivity index (χ4v) is 3.50. The lowest BCUT2D eigenvalue weighted by Gasteiger charge is -2.37. The molecule has 5 heteroatoms. The Morgan fingerprint density at radius 1 is 1.33 bits per heavy atom. The van der Waals surface area contributed by atoms with Crippen LogP contribution in [-0.4, -0.2) is 34.8 Å². The summed E-state index contributed by atoms with van der Waals surface area (Å²) in [6, 6.07) is 10.3. The maximum atomic E-state index is 13.1. The molecule has 2 aromatic rings. The lowest BCUT2D eigenvalue weighted by atomic mass is 9.87. The third-order valence-corrected chi connectivity index (χ3v) is 4.96. The van der Waals surface area contributed by atoms with Crippen LogP contribution in [0.15, 0.2) is 42.7 Å². The Hall–Kier alpha value is -2.14. The second kappa shape index (κ2) is 7.18. The van der Waals surface area contributed by atoms with Crippen LogP contribution in [0.2, 0.25) is 0 Å². The Kier molecular flexibility index (Phi) is 5.00. The van der Waals surface area contributed by atoms with E-state index in [9.17, 15) is 4.79 Å². The molecular weight excluding hydrogens is 300 g/mol. The first-order valence-corrected chi connectivity index (χ1v) is 8.68. The molecule has 1 unspecified atom stereocenters. The summed E-state index contributed by atoms with van der Waals surface area (Å²) in [7, 11) is 0. The molecule has 0 saturated carbocycles. The van der Waals surface area contributed by atoms with Crippen molar-refractivity contribution in [2.75, 3.05) is 13.1 Å². The summed E-state index contributed by atoms with van der Waals surface area (Å²) in [5, 5.41) is 10.9. The summed E-state index contributed by atoms with van der Waals surface area (Å²) in [5.74, 6) is 0.0776. The number of carbonyl (C=O) groups excluding carboxylic acids is 1. The van der Waals surface area contributed by atoms with Gasteiger partial charge in [-0.2, -0.15) is 5.10 Å². The van der Waals surface area contributed by atoms with Gasteiger partial charge in [-0.25, -0.2) is 0 Å². The number of nitrogens with one attached hydrogen (secondary N) is 2. The molecule has 0 bridgehead atoms. The first kappa shape index (κ1) is 16.7. The molecule has 1 amide bonds. The van der Waals surface area contributed by atoms with Crippen molar-refractivity contribution >= 4 is 5.91 Å². The summed E-state index contributed by atoms with van der Waals surface area (Å²) in [6.45, 7) is 5.85. The highest BCUT2D eigenvalue weighted by atomic mass is 16.2. The van der Waals surface area contributed by atoms with E-state index < -0.39 is 5.54 Å². The molecule has 2 heterocycles. The van der Waals surface area contributed by atoms with Crippen LogP contribution in [0.3, 0.4) is 0 Å². The Bertz CT molecular complexity index is 674. The van der Waals surface area contributed by atoms with E-state index in [4.69, 9.17) is 0 Å². The second-order valence-electron chi connectivity index (χ2n) is 6.74. The summed E-state index contributed by atoms with van der Waals surface area (Å²) >= 11 is 0. The van der Waals surface area contributed by atoms with Crippen LogP contribution in [-0.2, 0) is 16.8 Å². The average molecular weight is 326 g/mol. The number of piperidine rings is 1. The van der Waals surface area contributed by atoms with Crippen LogP contribution in [0, 0.1) is 6.92 Å². The monoisotopic (exact) mass is 326 g/mol. The number of benzene rings is 1. The molecule has 1 aromatic carbocycles. The van der Waals surface area contributed by atoms with Gasteiger partial charge in [-0.3, -0.25) is 9.48 Å². The van der Waals surface area contributed by atoms with Crippen molar-refractivity contribution in [1.29, 1.82) is 0 Å². The Morgan fingerprint density at radius 2 is 2.08 bits per heavy atom. The zero-order chi connectivity index (χ0) is 17.0. The highest BCUT2D eigenvalue weighted by molar-refractivity contribution is 5.84. The first-order valence-electron chi connectivity index (χ1n) is 8.68. The largest absolute Gasteiger partial charge is 0.351 e. The average Bonchev–Trinajstić information content (AvgIpc) is 3.12. The van der Waals surface area contributed by atoms with Crippen LogP contribution >= 0.6 is 0 Å². The molecule has 0 aliphatic carbocycles. The van der Waals surface area contributed by atoms with E-state index in [0.717, 1.165) is 32.4 Å². The predicted octanol–water partition coefficient (Wildman–Crippen LogP) is 2.02. The molecule has 1 fully saturated rings. The molecule has 128 valence electrons. The number of hydrogen-bond acceptors (Lipinski definition) is 3. The van der Waals surface area contributed by atoms with Gasteiger partial charge in [0.2, 0.25) is 5.91 Å². The van der Waals surface area contributed by atoms with E-state index in [1.165, 1.54) is 11.1 Å². The van der Waals surface area contributed by atoms with Crippen LogP contribution in [0.25, 0.3) is 0 Å². The highest BCUT2D eigenvalue weighted by Gasteiger charge is 2.42. The maximum Gasteiger partial charge on any atom is 0.248 e. The van der Waals surface area contributed by atoms with Gasteiger partial charge in [0.1, 0.15) is 5.54 Å². The molecule has 1 atom stereocenters. The minimum atomic E-state index is -0.575. The standard InChI is InChI=1S/C19H26N4O/c1-15-6-3-4-7-17(15)14-16(2)22-18(24)19(8-11-20-12-9-19)23-13-5-10-21-23/h3-7,10,13,16,20H,8-9,11-12,14H2,1-2H3,(H,22,24). The number of aryl methyl sites for hydroxylation is 1. The fraction of sp³-hybridized carbons (Fsp3) is 0.474. The number of amides is 1. The Labute approximate surface area is 143 Å². The maximum absolute atomic E-state index is 13.1. The quantitative estimate of drug-likeness (QED) is 0.884. The Morgan fingerprint density at radius 3 is 2.75 bits per heavy atom. The number of hydrogen-bond donors (Lipinski definition) is 2. The fourth-order valence-electron chi connectivity index (χ4n) is 3.50. The lowest BCUT2D eigenvalue weighted by molar-refractivity contribution is -0.132. The van der Waals surface area contributed by atoms with Crippen LogP contribution in [0.1, 0.15) is 30.9 Å². The van der Waals surface area contributed by atoms with E-state index in [-0.39, 0.29) is 11.9 Å². The van der Waals surface area contributed by atoms with Gasteiger partial charge in [0, 0.05) is 18.4 Å². The molecule has 1 aliphatic rings. The lowest BCUT2D eigenvalue weighted by Crippen LogP contribution is -2.56. The molecule has 1 aromatic heterocycles. The summed E-state index contributed by atoms with van der Waals surface area (Å²) in [4.78, 5) is 13.1. The predicted molar refractivity (Wildman–Crippen MR) is 94.8 cm³/mol. The van der Waals surface area contributed by atoms with Crippen molar-refractivity contribution in [2.45, 2.75) is 44.7 Å². The first-order chi connectivity index (χ1) is 11.6. The van der Waals surface area contributed by atoms with E-state index in [1.54, 1.807) is 6.20 Å². The second-order valence-corrected chi connectivity index (χ2v) is 6.74. The smallest absolute Gasteiger partial charge is 0.248 e. The summed E-state index contributed by atoms with van der Waals surface area (Å²) in [6.07, 6.45) is 6.01. The highest BCUT2D eigenvalue weighted by Crippen LogP contribution is 2.27. The zero-order valence-corrected chi connectivity index (χ0v) is 14.5. The summed E-state index contributed by atoms with van der Waals surface area (Å²) < 4.78 is 1.84. The van der Waals surface area contributed by atoms with Gasteiger partial charge in [-0.1, -0.05) is 24.3 Å². The minimum absolute atomic E-state index is 0.0776. The van der Waals surface area contributed by atoms with Gasteiger partial charge < -0.3 is 10.6 Å². The van der Waals surface area contributed by atoms with Crippen molar-refractivity contribution in [3.63, 3.8) is 0 Å². The Balaban J connectivity index is 1.73. The molecule has 24 heavy (non-hydrogen) atoms. The van der Waals surface area contributed by atoms with Gasteiger partial charge in [0.05, 0.1) is 0 Å². The van der Waals surface area contributed by atoms with Crippen molar-refractivity contribution in [2.24, 2.45) is 0 Å². The third-order valence-electron chi connectivity index (χ3n) is 4.96. The molecule has 1 saturated heterocycles.